The highest BCUT2D eigenvalue weighted by atomic mass is 79.9. The quantitative estimate of drug-likeness (QED) is 0.698. The predicted octanol–water partition coefficient (Wildman–Crippen LogP) is 1.78. The van der Waals surface area contributed by atoms with Crippen molar-refractivity contribution in [3.05, 3.63) is 22.2 Å². The number of ketones is 1. The molecule has 0 atom stereocenters. The summed E-state index contributed by atoms with van der Waals surface area (Å²) in [5.41, 5.74) is 0.609. The minimum Gasteiger partial charge on any atom is -0.343 e. The summed E-state index contributed by atoms with van der Waals surface area (Å²) in [6.07, 6.45) is 3.33. The third-order valence-electron chi connectivity index (χ3n) is 1.96. The zero-order valence-corrected chi connectivity index (χ0v) is 9.34. The lowest BCUT2D eigenvalue weighted by atomic mass is 9.99. The van der Waals surface area contributed by atoms with Gasteiger partial charge in [0.2, 0.25) is 5.78 Å². The first-order chi connectivity index (χ1) is 6.05. The van der Waals surface area contributed by atoms with Crippen molar-refractivity contribution < 1.29 is 14.3 Å². The number of carbonyl (C=O) groups excluding carboxylic acids is 1. The van der Waals surface area contributed by atoms with E-state index in [9.17, 15) is 4.79 Å². The molecular weight excluding hydrogens is 236 g/mol. The topological polar surface area (TPSA) is 35.5 Å². The van der Waals surface area contributed by atoms with Crippen molar-refractivity contribution in [2.24, 2.45) is 0 Å². The van der Waals surface area contributed by atoms with E-state index in [2.05, 4.69) is 15.9 Å². The van der Waals surface area contributed by atoms with Crippen molar-refractivity contribution in [2.45, 2.75) is 12.7 Å². The summed E-state index contributed by atoms with van der Waals surface area (Å²) in [5, 5.41) is 0. The van der Waals surface area contributed by atoms with E-state index in [0.717, 1.165) is 4.48 Å². The maximum atomic E-state index is 11.7. The van der Waals surface area contributed by atoms with Crippen LogP contribution in [0.3, 0.4) is 0 Å². The smallest absolute Gasteiger partial charge is 0.254 e. The molecule has 13 heavy (non-hydrogen) atoms. The molecule has 0 aliphatic heterocycles. The van der Waals surface area contributed by atoms with Gasteiger partial charge in [0, 0.05) is 18.7 Å². The second-order valence-corrected chi connectivity index (χ2v) is 3.68. The van der Waals surface area contributed by atoms with Crippen LogP contribution in [0.1, 0.15) is 6.92 Å². The highest BCUT2D eigenvalue weighted by Crippen LogP contribution is 2.29. The van der Waals surface area contributed by atoms with Crippen LogP contribution in [0.5, 0.6) is 0 Å². The maximum absolute atomic E-state index is 11.7. The molecule has 0 aromatic heterocycles. The number of methoxy groups -OCH3 is 2. The zero-order chi connectivity index (χ0) is 10.1. The SMILES string of the molecule is COC1(OC)C=C(Br)C=C(C)C1=O. The fourth-order valence-electron chi connectivity index (χ4n) is 1.22. The van der Waals surface area contributed by atoms with Gasteiger partial charge in [-0.3, -0.25) is 4.79 Å². The molecule has 1 aliphatic carbocycles. The summed E-state index contributed by atoms with van der Waals surface area (Å²) < 4.78 is 10.9. The summed E-state index contributed by atoms with van der Waals surface area (Å²) in [6, 6.07) is 0. The molecule has 1 rings (SSSR count). The van der Waals surface area contributed by atoms with E-state index in [1.807, 2.05) is 0 Å². The molecule has 0 heterocycles. The molecule has 0 bridgehead atoms. The van der Waals surface area contributed by atoms with Crippen LogP contribution < -0.4 is 0 Å². The van der Waals surface area contributed by atoms with Crippen LogP contribution in [0.2, 0.25) is 0 Å². The molecule has 0 saturated heterocycles. The minimum absolute atomic E-state index is 0.166. The summed E-state index contributed by atoms with van der Waals surface area (Å²) in [6.45, 7) is 1.73. The second-order valence-electron chi connectivity index (χ2n) is 2.76. The Kier molecular flexibility index (Phi) is 3.05. The molecule has 0 radical (unpaired) electrons. The van der Waals surface area contributed by atoms with Gasteiger partial charge in [0.15, 0.2) is 0 Å². The monoisotopic (exact) mass is 246 g/mol. The third kappa shape index (κ3) is 1.75. The Morgan fingerprint density at radius 3 is 2.38 bits per heavy atom. The highest BCUT2D eigenvalue weighted by Gasteiger charge is 2.39. The Hall–Kier alpha value is -0.450. The Morgan fingerprint density at radius 1 is 1.38 bits per heavy atom. The Bertz CT molecular complexity index is 287. The largest absolute Gasteiger partial charge is 0.343 e. The van der Waals surface area contributed by atoms with E-state index in [1.165, 1.54) is 14.2 Å². The van der Waals surface area contributed by atoms with Crippen LogP contribution in [0.4, 0.5) is 0 Å². The van der Waals surface area contributed by atoms with Gasteiger partial charge in [-0.15, -0.1) is 0 Å². The van der Waals surface area contributed by atoms with Crippen LogP contribution >= 0.6 is 15.9 Å². The third-order valence-corrected chi connectivity index (χ3v) is 2.42. The van der Waals surface area contributed by atoms with Gasteiger partial charge in [-0.25, -0.2) is 0 Å². The molecule has 0 spiro atoms. The molecule has 0 unspecified atom stereocenters. The lowest BCUT2D eigenvalue weighted by molar-refractivity contribution is -0.182. The fraction of sp³-hybridized carbons (Fsp3) is 0.444. The molecule has 72 valence electrons. The maximum Gasteiger partial charge on any atom is 0.254 e. The highest BCUT2D eigenvalue weighted by molar-refractivity contribution is 9.11. The number of carbonyl (C=O) groups is 1. The van der Waals surface area contributed by atoms with Crippen LogP contribution in [0, 0.1) is 0 Å². The minimum atomic E-state index is -1.25. The Morgan fingerprint density at radius 2 is 1.92 bits per heavy atom. The van der Waals surface area contributed by atoms with Crippen LogP contribution in [0.25, 0.3) is 0 Å². The van der Waals surface area contributed by atoms with E-state index in [4.69, 9.17) is 9.47 Å². The number of ether oxygens (including phenoxy) is 2. The molecule has 0 aromatic rings. The van der Waals surface area contributed by atoms with Crippen molar-refractivity contribution >= 4 is 21.7 Å². The van der Waals surface area contributed by atoms with Gasteiger partial charge in [0.1, 0.15) is 0 Å². The molecular formula is C9H11BrO3. The van der Waals surface area contributed by atoms with Gasteiger partial charge >= 0.3 is 0 Å². The molecule has 4 heteroatoms. The van der Waals surface area contributed by atoms with E-state index in [-0.39, 0.29) is 5.78 Å². The molecule has 0 amide bonds. The summed E-state index contributed by atoms with van der Waals surface area (Å²) >= 11 is 3.29. The molecule has 3 nitrogen and oxygen atoms in total. The van der Waals surface area contributed by atoms with Crippen molar-refractivity contribution in [3.8, 4) is 0 Å². The van der Waals surface area contributed by atoms with Gasteiger partial charge in [0.05, 0.1) is 0 Å². The number of halogens is 1. The second kappa shape index (κ2) is 3.74. The van der Waals surface area contributed by atoms with Crippen molar-refractivity contribution in [3.63, 3.8) is 0 Å². The van der Waals surface area contributed by atoms with E-state index < -0.39 is 5.79 Å². The zero-order valence-electron chi connectivity index (χ0n) is 7.76. The molecule has 0 saturated carbocycles. The Labute approximate surface area is 85.5 Å². The van der Waals surface area contributed by atoms with E-state index >= 15 is 0 Å². The van der Waals surface area contributed by atoms with E-state index in [0.29, 0.717) is 5.57 Å². The first-order valence-electron chi connectivity index (χ1n) is 3.77. The molecule has 1 aliphatic rings. The number of allylic oxidation sites excluding steroid dienone is 2. The molecule has 0 aromatic carbocycles. The van der Waals surface area contributed by atoms with Crippen LogP contribution in [-0.2, 0) is 14.3 Å². The van der Waals surface area contributed by atoms with Gasteiger partial charge < -0.3 is 9.47 Å². The summed E-state index contributed by atoms with van der Waals surface area (Å²) in [4.78, 5) is 11.7. The average Bonchev–Trinajstić information content (AvgIpc) is 2.11. The number of hydrogen-bond donors (Lipinski definition) is 0. The van der Waals surface area contributed by atoms with Crippen LogP contribution in [0.15, 0.2) is 22.2 Å². The van der Waals surface area contributed by atoms with Crippen molar-refractivity contribution in [2.75, 3.05) is 14.2 Å². The Balaban J connectivity index is 3.14. The van der Waals surface area contributed by atoms with Gasteiger partial charge in [0.25, 0.3) is 5.79 Å². The number of rotatable bonds is 2. The average molecular weight is 247 g/mol. The lowest BCUT2D eigenvalue weighted by Crippen LogP contribution is -2.42. The number of Topliss-reactive ketones (excluding diaryl/α,β-unsaturated/α-hetero) is 1. The number of hydrogen-bond acceptors (Lipinski definition) is 3. The normalized spacial score (nSPS) is 21.1. The van der Waals surface area contributed by atoms with Crippen molar-refractivity contribution in [1.29, 1.82) is 0 Å². The van der Waals surface area contributed by atoms with Gasteiger partial charge in [-0.2, -0.15) is 0 Å². The van der Waals surface area contributed by atoms with Gasteiger partial charge in [-0.1, -0.05) is 15.9 Å². The molecule has 0 N–H and O–H groups in total. The first kappa shape index (κ1) is 10.6. The van der Waals surface area contributed by atoms with E-state index in [1.54, 1.807) is 19.1 Å². The standard InChI is InChI=1S/C9H11BrO3/c1-6-4-7(10)5-9(12-2,13-3)8(6)11/h4-5H,1-3H3. The predicted molar refractivity (Wildman–Crippen MR) is 52.5 cm³/mol. The van der Waals surface area contributed by atoms with Crippen LogP contribution in [-0.4, -0.2) is 25.8 Å². The van der Waals surface area contributed by atoms with Gasteiger partial charge in [-0.05, 0) is 24.6 Å². The lowest BCUT2D eigenvalue weighted by Gasteiger charge is -2.28. The fourth-order valence-corrected chi connectivity index (χ4v) is 1.87. The molecule has 0 fully saturated rings. The summed E-state index contributed by atoms with van der Waals surface area (Å²) in [7, 11) is 2.88. The first-order valence-corrected chi connectivity index (χ1v) is 4.57. The van der Waals surface area contributed by atoms with Crippen molar-refractivity contribution in [1.82, 2.24) is 0 Å². The summed E-state index contributed by atoms with van der Waals surface area (Å²) in [5.74, 6) is -1.42.